The van der Waals surface area contributed by atoms with Gasteiger partial charge in [0.15, 0.2) is 13.4 Å². The van der Waals surface area contributed by atoms with Gasteiger partial charge in [-0.2, -0.15) is 0 Å². The van der Waals surface area contributed by atoms with Crippen LogP contribution in [0.1, 0.15) is 36.8 Å². The number of aryl methyl sites for hydroxylation is 1. The highest BCUT2D eigenvalue weighted by Crippen LogP contribution is 2.31. The maximum Gasteiger partial charge on any atom is 0.187 e. The quantitative estimate of drug-likeness (QED) is 0.840. The highest BCUT2D eigenvalue weighted by Gasteiger charge is 2.29. The largest absolute Gasteiger partial charge is 0.414 e. The number of anilines is 1. The first-order chi connectivity index (χ1) is 8.50. The molecular formula is C13H24N2OSSi. The minimum Gasteiger partial charge on any atom is -0.414 e. The van der Waals surface area contributed by atoms with E-state index >= 15 is 0 Å². The van der Waals surface area contributed by atoms with Gasteiger partial charge in [-0.25, -0.2) is 4.98 Å². The van der Waals surface area contributed by atoms with E-state index in [1.807, 2.05) is 0 Å². The van der Waals surface area contributed by atoms with E-state index < -0.39 is 8.32 Å². The van der Waals surface area contributed by atoms with Crippen molar-refractivity contribution in [3.8, 4) is 0 Å². The molecule has 1 atom stereocenters. The van der Waals surface area contributed by atoms with E-state index in [4.69, 9.17) is 10.2 Å². The van der Waals surface area contributed by atoms with E-state index in [1.54, 1.807) is 11.3 Å². The lowest BCUT2D eigenvalue weighted by Gasteiger charge is -2.31. The molecule has 2 N–H and O–H groups in total. The number of nitrogens with two attached hydrogens (primary N) is 1. The molecule has 3 nitrogen and oxygen atoms in total. The third kappa shape index (κ3) is 3.55. The highest BCUT2D eigenvalue weighted by atomic mass is 32.1. The van der Waals surface area contributed by atoms with Gasteiger partial charge in [0, 0.05) is 11.3 Å². The Morgan fingerprint density at radius 1 is 1.50 bits per heavy atom. The van der Waals surface area contributed by atoms with E-state index in [-0.39, 0.29) is 0 Å². The van der Waals surface area contributed by atoms with E-state index in [0.29, 0.717) is 11.2 Å². The summed E-state index contributed by atoms with van der Waals surface area (Å²) in [7, 11) is -1.47. The molecule has 1 unspecified atom stereocenters. The lowest BCUT2D eigenvalue weighted by Crippen LogP contribution is -2.37. The number of thiazole rings is 1. The summed E-state index contributed by atoms with van der Waals surface area (Å²) < 4.78 is 6.42. The molecule has 102 valence electrons. The SMILES string of the molecule is CCCC[Si](C)(C)OC1CCc2nc(N)sc2C1. The Morgan fingerprint density at radius 3 is 3.00 bits per heavy atom. The van der Waals surface area contributed by atoms with Crippen LogP contribution in [0.15, 0.2) is 0 Å². The summed E-state index contributed by atoms with van der Waals surface area (Å²) in [5.74, 6) is 0. The van der Waals surface area contributed by atoms with Gasteiger partial charge in [0.05, 0.1) is 11.8 Å². The molecule has 2 rings (SSSR count). The third-order valence-electron chi connectivity index (χ3n) is 3.53. The normalized spacial score (nSPS) is 19.8. The predicted molar refractivity (Wildman–Crippen MR) is 80.6 cm³/mol. The molecule has 18 heavy (non-hydrogen) atoms. The van der Waals surface area contributed by atoms with Crippen LogP contribution in [0.2, 0.25) is 19.1 Å². The number of hydrogen-bond acceptors (Lipinski definition) is 4. The number of fused-ring (bicyclic) bond motifs is 1. The van der Waals surface area contributed by atoms with Crippen LogP contribution in [0.3, 0.4) is 0 Å². The van der Waals surface area contributed by atoms with E-state index in [9.17, 15) is 0 Å². The van der Waals surface area contributed by atoms with Crippen molar-refractivity contribution >= 4 is 24.8 Å². The van der Waals surface area contributed by atoms with Crippen molar-refractivity contribution in [2.75, 3.05) is 5.73 Å². The zero-order valence-electron chi connectivity index (χ0n) is 11.7. The second-order valence-electron chi connectivity index (χ2n) is 5.77. The molecule has 0 fully saturated rings. The van der Waals surface area contributed by atoms with Gasteiger partial charge in [-0.3, -0.25) is 0 Å². The molecule has 0 saturated heterocycles. The summed E-state index contributed by atoms with van der Waals surface area (Å²) in [5, 5.41) is 0.711. The van der Waals surface area contributed by atoms with Crippen molar-refractivity contribution in [3.05, 3.63) is 10.6 Å². The lowest BCUT2D eigenvalue weighted by atomic mass is 10.0. The third-order valence-corrected chi connectivity index (χ3v) is 7.01. The molecule has 0 aliphatic heterocycles. The van der Waals surface area contributed by atoms with Crippen LogP contribution in [-0.4, -0.2) is 19.4 Å². The first kappa shape index (κ1) is 14.0. The Hall–Kier alpha value is -0.393. The van der Waals surface area contributed by atoms with Gasteiger partial charge in [0.25, 0.3) is 0 Å². The first-order valence-corrected chi connectivity index (χ1v) is 10.9. The van der Waals surface area contributed by atoms with E-state index in [1.165, 1.54) is 29.5 Å². The standard InChI is InChI=1S/C13H24N2OSSi/c1-4-5-8-18(2,3)16-10-6-7-11-12(9-10)17-13(14)15-11/h10H,4-9H2,1-3H3,(H2,14,15). The Kier molecular flexibility index (Phi) is 4.45. The number of nitrogens with zero attached hydrogens (tertiary/aromatic N) is 1. The number of rotatable bonds is 5. The van der Waals surface area contributed by atoms with Gasteiger partial charge >= 0.3 is 0 Å². The summed E-state index contributed by atoms with van der Waals surface area (Å²) in [6, 6.07) is 1.28. The van der Waals surface area contributed by atoms with Crippen molar-refractivity contribution in [2.45, 2.75) is 64.3 Å². The Bertz CT molecular complexity index is 406. The maximum absolute atomic E-state index is 6.42. The lowest BCUT2D eigenvalue weighted by molar-refractivity contribution is 0.175. The van der Waals surface area contributed by atoms with Crippen LogP contribution in [-0.2, 0) is 17.3 Å². The average Bonchev–Trinajstić information content (AvgIpc) is 2.65. The zero-order valence-corrected chi connectivity index (χ0v) is 13.5. The molecule has 5 heteroatoms. The summed E-state index contributed by atoms with van der Waals surface area (Å²) in [4.78, 5) is 5.73. The summed E-state index contributed by atoms with van der Waals surface area (Å²) >= 11 is 1.64. The summed E-state index contributed by atoms with van der Waals surface area (Å²) in [6.07, 6.45) is 6.12. The van der Waals surface area contributed by atoms with E-state index in [0.717, 1.165) is 19.3 Å². The number of unbranched alkanes of at least 4 members (excludes halogenated alkanes) is 1. The summed E-state index contributed by atoms with van der Waals surface area (Å²) in [5.41, 5.74) is 6.99. The minimum atomic E-state index is -1.47. The molecule has 0 amide bonds. The number of aromatic nitrogens is 1. The maximum atomic E-state index is 6.42. The highest BCUT2D eigenvalue weighted by molar-refractivity contribution is 7.15. The zero-order chi connectivity index (χ0) is 13.2. The number of hydrogen-bond donors (Lipinski definition) is 1. The van der Waals surface area contributed by atoms with Crippen molar-refractivity contribution in [3.63, 3.8) is 0 Å². The molecular weight excluding hydrogens is 260 g/mol. The number of nitrogen functional groups attached to an aromatic ring is 1. The van der Waals surface area contributed by atoms with Gasteiger partial charge < -0.3 is 10.2 Å². The predicted octanol–water partition coefficient (Wildman–Crippen LogP) is 3.60. The Labute approximate surface area is 115 Å². The van der Waals surface area contributed by atoms with Crippen LogP contribution in [0.4, 0.5) is 5.13 Å². The van der Waals surface area contributed by atoms with Gasteiger partial charge in [-0.1, -0.05) is 19.8 Å². The molecule has 0 radical (unpaired) electrons. The summed E-state index contributed by atoms with van der Waals surface area (Å²) in [6.45, 7) is 6.94. The minimum absolute atomic E-state index is 0.399. The van der Waals surface area contributed by atoms with Crippen LogP contribution in [0.5, 0.6) is 0 Å². The van der Waals surface area contributed by atoms with Crippen LogP contribution in [0.25, 0.3) is 0 Å². The second-order valence-corrected chi connectivity index (χ2v) is 11.1. The van der Waals surface area contributed by atoms with Gasteiger partial charge in [-0.15, -0.1) is 11.3 Å². The topological polar surface area (TPSA) is 48.1 Å². The molecule has 1 heterocycles. The fourth-order valence-electron chi connectivity index (χ4n) is 2.58. The van der Waals surface area contributed by atoms with Gasteiger partial charge in [-0.05, 0) is 32.0 Å². The Morgan fingerprint density at radius 2 is 2.28 bits per heavy atom. The van der Waals surface area contributed by atoms with Crippen LogP contribution >= 0.6 is 11.3 Å². The average molecular weight is 285 g/mol. The second kappa shape index (κ2) is 5.71. The Balaban J connectivity index is 1.92. The molecule has 0 spiro atoms. The molecule has 0 bridgehead atoms. The van der Waals surface area contributed by atoms with Gasteiger partial charge in [0.2, 0.25) is 0 Å². The molecule has 1 aliphatic rings. The molecule has 0 aromatic carbocycles. The molecule has 1 aromatic heterocycles. The van der Waals surface area contributed by atoms with Crippen molar-refractivity contribution in [2.24, 2.45) is 0 Å². The van der Waals surface area contributed by atoms with Gasteiger partial charge in [0.1, 0.15) is 0 Å². The fourth-order valence-corrected chi connectivity index (χ4v) is 5.95. The van der Waals surface area contributed by atoms with E-state index in [2.05, 4.69) is 25.0 Å². The first-order valence-electron chi connectivity index (χ1n) is 6.92. The van der Waals surface area contributed by atoms with Crippen molar-refractivity contribution < 1.29 is 4.43 Å². The molecule has 1 aliphatic carbocycles. The van der Waals surface area contributed by atoms with Crippen molar-refractivity contribution in [1.82, 2.24) is 4.98 Å². The van der Waals surface area contributed by atoms with Crippen molar-refractivity contribution in [1.29, 1.82) is 0 Å². The van der Waals surface area contributed by atoms with Crippen LogP contribution < -0.4 is 5.73 Å². The molecule has 0 saturated carbocycles. The molecule has 1 aromatic rings. The monoisotopic (exact) mass is 284 g/mol. The fraction of sp³-hybridized carbons (Fsp3) is 0.769. The van der Waals surface area contributed by atoms with Crippen LogP contribution in [0, 0.1) is 0 Å². The smallest absolute Gasteiger partial charge is 0.187 e.